The summed E-state index contributed by atoms with van der Waals surface area (Å²) in [6, 6.07) is 5.76. The second kappa shape index (κ2) is 8.31. The Balaban J connectivity index is 1.53. The second-order valence-electron chi connectivity index (χ2n) is 6.26. The molecule has 0 bridgehead atoms. The molecule has 0 amide bonds. The Morgan fingerprint density at radius 1 is 1.00 bits per heavy atom. The molecule has 1 aromatic heterocycles. The number of nitrogens with zero attached hydrogens (tertiary/aromatic N) is 2. The highest BCUT2D eigenvalue weighted by molar-refractivity contribution is 7.89. The molecule has 0 unspecified atom stereocenters. The van der Waals surface area contributed by atoms with Gasteiger partial charge in [-0.1, -0.05) is 0 Å². The van der Waals surface area contributed by atoms with Crippen LogP contribution in [0.3, 0.4) is 0 Å². The minimum absolute atomic E-state index is 0.0954. The van der Waals surface area contributed by atoms with Crippen molar-refractivity contribution in [2.45, 2.75) is 49.1 Å². The van der Waals surface area contributed by atoms with Crippen molar-refractivity contribution in [2.75, 3.05) is 0 Å². The Morgan fingerprint density at radius 3 is 2.18 bits per heavy atom. The molecule has 28 heavy (non-hydrogen) atoms. The van der Waals surface area contributed by atoms with E-state index in [0.29, 0.717) is 25.7 Å². The Labute approximate surface area is 160 Å². The Kier molecular flexibility index (Phi) is 6.04. The minimum Gasteiger partial charge on any atom is -0.460 e. The van der Waals surface area contributed by atoms with Gasteiger partial charge < -0.3 is 9.47 Å². The normalized spacial score (nSPS) is 20.5. The summed E-state index contributed by atoms with van der Waals surface area (Å²) < 4.78 is 73.4. The van der Waals surface area contributed by atoms with Gasteiger partial charge in [0.1, 0.15) is 11.9 Å². The first kappa shape index (κ1) is 20.3. The minimum atomic E-state index is -4.83. The van der Waals surface area contributed by atoms with Gasteiger partial charge in [0, 0.05) is 18.4 Å². The lowest BCUT2D eigenvalue weighted by molar-refractivity contribution is -0.274. The van der Waals surface area contributed by atoms with Crippen molar-refractivity contribution in [3.05, 3.63) is 42.7 Å². The largest absolute Gasteiger partial charge is 0.573 e. The van der Waals surface area contributed by atoms with Crippen LogP contribution >= 0.6 is 0 Å². The maximum atomic E-state index is 12.4. The molecule has 0 radical (unpaired) electrons. The van der Waals surface area contributed by atoms with Crippen molar-refractivity contribution in [1.82, 2.24) is 14.7 Å². The van der Waals surface area contributed by atoms with Crippen molar-refractivity contribution < 1.29 is 31.1 Å². The molecule has 1 aliphatic carbocycles. The smallest absolute Gasteiger partial charge is 0.460 e. The van der Waals surface area contributed by atoms with Crippen LogP contribution in [0.2, 0.25) is 0 Å². The molecule has 0 spiro atoms. The highest BCUT2D eigenvalue weighted by Gasteiger charge is 2.31. The Bertz CT molecular complexity index is 869. The van der Waals surface area contributed by atoms with Crippen LogP contribution in [0.25, 0.3) is 0 Å². The van der Waals surface area contributed by atoms with E-state index in [1.165, 1.54) is 0 Å². The first-order valence-corrected chi connectivity index (χ1v) is 10.0. The zero-order valence-electron chi connectivity index (χ0n) is 14.6. The fourth-order valence-electron chi connectivity index (χ4n) is 2.90. The molecular formula is C17H18F3N3O4S. The van der Waals surface area contributed by atoms with Crippen LogP contribution in [-0.2, 0) is 10.0 Å². The number of nitrogens with one attached hydrogen (secondary N) is 1. The van der Waals surface area contributed by atoms with Crippen molar-refractivity contribution in [1.29, 1.82) is 0 Å². The van der Waals surface area contributed by atoms with E-state index in [0.717, 1.165) is 24.3 Å². The van der Waals surface area contributed by atoms with E-state index in [4.69, 9.17) is 4.74 Å². The summed E-state index contributed by atoms with van der Waals surface area (Å²) in [5, 5.41) is 0. The Morgan fingerprint density at radius 2 is 1.61 bits per heavy atom. The molecule has 0 aliphatic heterocycles. The molecule has 152 valence electrons. The van der Waals surface area contributed by atoms with Crippen LogP contribution in [0.4, 0.5) is 13.2 Å². The van der Waals surface area contributed by atoms with Gasteiger partial charge in [0.05, 0.1) is 4.90 Å². The number of hydrogen-bond donors (Lipinski definition) is 1. The number of aromatic nitrogens is 2. The average molecular weight is 417 g/mol. The van der Waals surface area contributed by atoms with Crippen LogP contribution in [0, 0.1) is 0 Å². The van der Waals surface area contributed by atoms with E-state index in [-0.39, 0.29) is 23.1 Å². The van der Waals surface area contributed by atoms with Gasteiger partial charge in [-0.3, -0.25) is 0 Å². The summed E-state index contributed by atoms with van der Waals surface area (Å²) in [4.78, 5) is 7.86. The average Bonchev–Trinajstić information content (AvgIpc) is 2.63. The molecule has 1 heterocycles. The molecule has 7 nitrogen and oxygen atoms in total. The molecule has 1 aliphatic rings. The van der Waals surface area contributed by atoms with Gasteiger partial charge in [0.15, 0.2) is 0 Å². The van der Waals surface area contributed by atoms with Gasteiger partial charge in [-0.15, -0.1) is 13.2 Å². The summed E-state index contributed by atoms with van der Waals surface area (Å²) in [7, 11) is -3.85. The van der Waals surface area contributed by atoms with E-state index in [1.807, 2.05) is 0 Å². The summed E-state index contributed by atoms with van der Waals surface area (Å²) in [6.07, 6.45) is 0.609. The van der Waals surface area contributed by atoms with Crippen LogP contribution in [-0.4, -0.2) is 36.9 Å². The van der Waals surface area contributed by atoms with E-state index in [1.54, 1.807) is 18.5 Å². The van der Waals surface area contributed by atoms with Crippen LogP contribution < -0.4 is 14.2 Å². The summed E-state index contributed by atoms with van der Waals surface area (Å²) in [5.41, 5.74) is 0. The van der Waals surface area contributed by atoms with Gasteiger partial charge >= 0.3 is 12.4 Å². The van der Waals surface area contributed by atoms with E-state index < -0.39 is 22.1 Å². The zero-order chi connectivity index (χ0) is 20.2. The molecular weight excluding hydrogens is 399 g/mol. The molecule has 0 saturated heterocycles. The fourth-order valence-corrected chi connectivity index (χ4v) is 4.21. The van der Waals surface area contributed by atoms with Gasteiger partial charge in [0.25, 0.3) is 0 Å². The molecule has 2 aromatic rings. The number of sulfonamides is 1. The van der Waals surface area contributed by atoms with Crippen LogP contribution in [0.15, 0.2) is 47.6 Å². The molecule has 11 heteroatoms. The number of ether oxygens (including phenoxy) is 2. The molecule has 1 aromatic carbocycles. The molecule has 1 N–H and O–H groups in total. The number of hydrogen-bond acceptors (Lipinski definition) is 6. The third-order valence-corrected chi connectivity index (χ3v) is 5.71. The maximum absolute atomic E-state index is 12.4. The van der Waals surface area contributed by atoms with Gasteiger partial charge in [-0.2, -0.15) is 0 Å². The van der Waals surface area contributed by atoms with Crippen molar-refractivity contribution >= 4 is 10.0 Å². The monoisotopic (exact) mass is 417 g/mol. The van der Waals surface area contributed by atoms with Crippen molar-refractivity contribution in [2.24, 2.45) is 0 Å². The predicted octanol–water partition coefficient (Wildman–Crippen LogP) is 3.04. The van der Waals surface area contributed by atoms with E-state index in [2.05, 4.69) is 19.4 Å². The lowest BCUT2D eigenvalue weighted by Crippen LogP contribution is -2.39. The quantitative estimate of drug-likeness (QED) is 0.777. The topological polar surface area (TPSA) is 90.4 Å². The number of halogens is 3. The SMILES string of the molecule is O=S(=O)(NC1CCC(Oc2ncccn2)CC1)c1ccc(OC(F)(F)F)cc1. The van der Waals surface area contributed by atoms with Crippen molar-refractivity contribution in [3.63, 3.8) is 0 Å². The summed E-state index contributed by atoms with van der Waals surface area (Å²) in [5.74, 6) is -0.479. The fraction of sp³-hybridized carbons (Fsp3) is 0.412. The lowest BCUT2D eigenvalue weighted by Gasteiger charge is -2.28. The first-order valence-electron chi connectivity index (χ1n) is 8.53. The first-order chi connectivity index (χ1) is 13.2. The van der Waals surface area contributed by atoms with Gasteiger partial charge in [-0.25, -0.2) is 23.1 Å². The van der Waals surface area contributed by atoms with E-state index in [9.17, 15) is 21.6 Å². The van der Waals surface area contributed by atoms with Crippen molar-refractivity contribution in [3.8, 4) is 11.8 Å². The summed E-state index contributed by atoms with van der Waals surface area (Å²) >= 11 is 0. The maximum Gasteiger partial charge on any atom is 0.573 e. The lowest BCUT2D eigenvalue weighted by atomic mass is 9.94. The zero-order valence-corrected chi connectivity index (χ0v) is 15.4. The van der Waals surface area contributed by atoms with Crippen LogP contribution in [0.1, 0.15) is 25.7 Å². The standard InChI is InChI=1S/C17H18F3N3O4S/c18-17(19,20)27-14-6-8-15(9-7-14)28(24,25)23-12-2-4-13(5-3-12)26-16-21-10-1-11-22-16/h1,6-13,23H,2-5H2. The number of rotatable bonds is 6. The highest BCUT2D eigenvalue weighted by atomic mass is 32.2. The predicted molar refractivity (Wildman–Crippen MR) is 92.2 cm³/mol. The molecule has 0 atom stereocenters. The second-order valence-corrected chi connectivity index (χ2v) is 7.98. The number of alkyl halides is 3. The van der Waals surface area contributed by atoms with Gasteiger partial charge in [-0.05, 0) is 56.0 Å². The third-order valence-electron chi connectivity index (χ3n) is 4.18. The molecule has 1 saturated carbocycles. The number of benzene rings is 1. The molecule has 3 rings (SSSR count). The van der Waals surface area contributed by atoms with E-state index >= 15 is 0 Å². The highest BCUT2D eigenvalue weighted by Crippen LogP contribution is 2.26. The summed E-state index contributed by atoms with van der Waals surface area (Å²) in [6.45, 7) is 0. The van der Waals surface area contributed by atoms with Gasteiger partial charge in [0.2, 0.25) is 10.0 Å². The van der Waals surface area contributed by atoms with Crippen LogP contribution in [0.5, 0.6) is 11.8 Å². The Hall–Kier alpha value is -2.40. The molecule has 1 fully saturated rings. The third kappa shape index (κ3) is 5.80.